The Morgan fingerprint density at radius 1 is 1.50 bits per heavy atom. The van der Waals surface area contributed by atoms with Gasteiger partial charge in [0.25, 0.3) is 0 Å². The van der Waals surface area contributed by atoms with Gasteiger partial charge in [0.05, 0.1) is 0 Å². The molecular formula is C10H18N4. The maximum absolute atomic E-state index is 4.53. The van der Waals surface area contributed by atoms with E-state index in [1.807, 2.05) is 0 Å². The first-order chi connectivity index (χ1) is 6.81. The van der Waals surface area contributed by atoms with Gasteiger partial charge in [-0.15, -0.1) is 0 Å². The van der Waals surface area contributed by atoms with E-state index in [-0.39, 0.29) is 0 Å². The predicted octanol–water partition coefficient (Wildman–Crippen LogP) is 1.22. The molecule has 4 nitrogen and oxygen atoms in total. The van der Waals surface area contributed by atoms with E-state index in [0.717, 1.165) is 37.5 Å². The summed E-state index contributed by atoms with van der Waals surface area (Å²) in [5.74, 6) is 2.52. The van der Waals surface area contributed by atoms with Gasteiger partial charge < -0.3 is 5.32 Å². The summed E-state index contributed by atoms with van der Waals surface area (Å²) in [6.45, 7) is 5.44. The van der Waals surface area contributed by atoms with Crippen LogP contribution in [0.2, 0.25) is 0 Å². The highest BCUT2D eigenvalue weighted by Crippen LogP contribution is 2.24. The van der Waals surface area contributed by atoms with Crippen LogP contribution in [0.5, 0.6) is 0 Å². The van der Waals surface area contributed by atoms with E-state index in [9.17, 15) is 0 Å². The number of rotatable bonds is 3. The minimum atomic E-state index is 0.497. The molecule has 2 atom stereocenters. The molecule has 1 aromatic heterocycles. The summed E-state index contributed by atoms with van der Waals surface area (Å²) in [4.78, 5) is 4.53. The van der Waals surface area contributed by atoms with Crippen LogP contribution in [-0.4, -0.2) is 27.8 Å². The molecule has 2 heterocycles. The molecule has 14 heavy (non-hydrogen) atoms. The summed E-state index contributed by atoms with van der Waals surface area (Å²) in [7, 11) is 0. The van der Waals surface area contributed by atoms with Crippen molar-refractivity contribution >= 4 is 0 Å². The number of hydrogen-bond donors (Lipinski definition) is 2. The lowest BCUT2D eigenvalue weighted by Gasteiger charge is -2.09. The van der Waals surface area contributed by atoms with E-state index < -0.39 is 0 Å². The molecule has 0 aliphatic carbocycles. The van der Waals surface area contributed by atoms with Crippen LogP contribution in [0.3, 0.4) is 0 Å². The number of aromatic amines is 1. The van der Waals surface area contributed by atoms with E-state index in [4.69, 9.17) is 0 Å². The second kappa shape index (κ2) is 4.09. The lowest BCUT2D eigenvalue weighted by atomic mass is 10.0. The zero-order chi connectivity index (χ0) is 9.97. The molecule has 1 saturated heterocycles. The van der Waals surface area contributed by atoms with Gasteiger partial charge in [-0.2, -0.15) is 5.10 Å². The zero-order valence-corrected chi connectivity index (χ0v) is 8.88. The molecule has 0 spiro atoms. The maximum Gasteiger partial charge on any atom is 0.155 e. The van der Waals surface area contributed by atoms with Crippen LogP contribution in [0.1, 0.15) is 44.3 Å². The second-order valence-electron chi connectivity index (χ2n) is 4.03. The highest BCUT2D eigenvalue weighted by atomic mass is 15.2. The third-order valence-corrected chi connectivity index (χ3v) is 2.89. The maximum atomic E-state index is 4.53. The average Bonchev–Trinajstić information content (AvgIpc) is 2.74. The first-order valence-electron chi connectivity index (χ1n) is 5.45. The fraction of sp³-hybridized carbons (Fsp3) is 0.800. The smallest absolute Gasteiger partial charge is 0.155 e. The summed E-state index contributed by atoms with van der Waals surface area (Å²) in [6, 6.07) is 0.514. The molecular weight excluding hydrogens is 176 g/mol. The minimum absolute atomic E-state index is 0.497. The lowest BCUT2D eigenvalue weighted by molar-refractivity contribution is 0.569. The SMILES string of the molecule is CCCc1nc(C2CCNC2C)n[nH]1. The molecule has 0 radical (unpaired) electrons. The third-order valence-electron chi connectivity index (χ3n) is 2.89. The normalized spacial score (nSPS) is 27.0. The molecule has 1 fully saturated rings. The lowest BCUT2D eigenvalue weighted by Crippen LogP contribution is -2.22. The van der Waals surface area contributed by atoms with Crippen molar-refractivity contribution in [3.8, 4) is 0 Å². The van der Waals surface area contributed by atoms with Crippen LogP contribution in [0.25, 0.3) is 0 Å². The van der Waals surface area contributed by atoms with Gasteiger partial charge in [0, 0.05) is 18.4 Å². The van der Waals surface area contributed by atoms with Crippen LogP contribution < -0.4 is 5.32 Å². The predicted molar refractivity (Wildman–Crippen MR) is 55.2 cm³/mol. The molecule has 0 aromatic carbocycles. The van der Waals surface area contributed by atoms with Gasteiger partial charge in [-0.05, 0) is 26.3 Å². The quantitative estimate of drug-likeness (QED) is 0.760. The average molecular weight is 194 g/mol. The molecule has 0 saturated carbocycles. The van der Waals surface area contributed by atoms with Gasteiger partial charge in [-0.3, -0.25) is 5.10 Å². The monoisotopic (exact) mass is 194 g/mol. The van der Waals surface area contributed by atoms with Crippen molar-refractivity contribution in [3.63, 3.8) is 0 Å². The Hall–Kier alpha value is -0.900. The highest BCUT2D eigenvalue weighted by molar-refractivity contribution is 5.04. The minimum Gasteiger partial charge on any atom is -0.314 e. The Morgan fingerprint density at radius 2 is 2.36 bits per heavy atom. The Kier molecular flexibility index (Phi) is 2.82. The van der Waals surface area contributed by atoms with Crippen LogP contribution in [0.4, 0.5) is 0 Å². The van der Waals surface area contributed by atoms with Gasteiger partial charge in [0.2, 0.25) is 0 Å². The van der Waals surface area contributed by atoms with E-state index in [2.05, 4.69) is 34.3 Å². The Labute approximate surface area is 84.5 Å². The third kappa shape index (κ3) is 1.80. The molecule has 4 heteroatoms. The van der Waals surface area contributed by atoms with Crippen molar-refractivity contribution in [1.29, 1.82) is 0 Å². The summed E-state index contributed by atoms with van der Waals surface area (Å²) in [5, 5.41) is 10.7. The van der Waals surface area contributed by atoms with E-state index in [0.29, 0.717) is 12.0 Å². The van der Waals surface area contributed by atoms with E-state index >= 15 is 0 Å². The largest absolute Gasteiger partial charge is 0.314 e. The summed E-state index contributed by atoms with van der Waals surface area (Å²) < 4.78 is 0. The van der Waals surface area contributed by atoms with Crippen molar-refractivity contribution in [2.45, 2.75) is 45.1 Å². The van der Waals surface area contributed by atoms with E-state index in [1.165, 1.54) is 0 Å². The molecule has 0 bridgehead atoms. The number of aromatic nitrogens is 3. The van der Waals surface area contributed by atoms with Crippen molar-refractivity contribution in [2.24, 2.45) is 0 Å². The Bertz CT molecular complexity index is 294. The van der Waals surface area contributed by atoms with Gasteiger partial charge >= 0.3 is 0 Å². The van der Waals surface area contributed by atoms with Gasteiger partial charge in [-0.25, -0.2) is 4.98 Å². The number of hydrogen-bond acceptors (Lipinski definition) is 3. The first-order valence-corrected chi connectivity index (χ1v) is 5.45. The highest BCUT2D eigenvalue weighted by Gasteiger charge is 2.27. The number of H-pyrrole nitrogens is 1. The molecule has 2 unspecified atom stereocenters. The van der Waals surface area contributed by atoms with E-state index in [1.54, 1.807) is 0 Å². The zero-order valence-electron chi connectivity index (χ0n) is 8.88. The summed E-state index contributed by atoms with van der Waals surface area (Å²) >= 11 is 0. The van der Waals surface area contributed by atoms with Gasteiger partial charge in [0.15, 0.2) is 5.82 Å². The molecule has 1 aliphatic heterocycles. The van der Waals surface area contributed by atoms with Gasteiger partial charge in [0.1, 0.15) is 5.82 Å². The molecule has 78 valence electrons. The number of nitrogens with zero attached hydrogens (tertiary/aromatic N) is 2. The van der Waals surface area contributed by atoms with Crippen LogP contribution >= 0.6 is 0 Å². The molecule has 2 N–H and O–H groups in total. The fourth-order valence-electron chi connectivity index (χ4n) is 2.04. The van der Waals surface area contributed by atoms with Gasteiger partial charge in [-0.1, -0.05) is 6.92 Å². The van der Waals surface area contributed by atoms with Crippen molar-refractivity contribution < 1.29 is 0 Å². The van der Waals surface area contributed by atoms with Crippen molar-refractivity contribution in [2.75, 3.05) is 6.54 Å². The standard InChI is InChI=1S/C10H18N4/c1-3-4-9-12-10(14-13-9)8-5-6-11-7(8)2/h7-8,11H,3-6H2,1-2H3,(H,12,13,14). The Morgan fingerprint density at radius 3 is 3.00 bits per heavy atom. The van der Waals surface area contributed by atoms with Crippen LogP contribution in [0.15, 0.2) is 0 Å². The van der Waals surface area contributed by atoms with Crippen LogP contribution in [-0.2, 0) is 6.42 Å². The van der Waals surface area contributed by atoms with Crippen molar-refractivity contribution in [1.82, 2.24) is 20.5 Å². The number of nitrogens with one attached hydrogen (secondary N) is 2. The molecule has 1 aromatic rings. The first kappa shape index (κ1) is 9.65. The topological polar surface area (TPSA) is 53.6 Å². The van der Waals surface area contributed by atoms with Crippen LogP contribution in [0, 0.1) is 0 Å². The molecule has 0 amide bonds. The summed E-state index contributed by atoms with van der Waals surface area (Å²) in [5.41, 5.74) is 0. The number of aryl methyl sites for hydroxylation is 1. The molecule has 1 aliphatic rings. The fourth-order valence-corrected chi connectivity index (χ4v) is 2.04. The van der Waals surface area contributed by atoms with Crippen molar-refractivity contribution in [3.05, 3.63) is 11.6 Å². The Balaban J connectivity index is 2.08. The second-order valence-corrected chi connectivity index (χ2v) is 4.03. The molecule has 2 rings (SSSR count). The summed E-state index contributed by atoms with van der Waals surface area (Å²) in [6.07, 6.45) is 3.28.